The minimum atomic E-state index is 0. The van der Waals surface area contributed by atoms with E-state index in [1.165, 1.54) is 5.56 Å². The van der Waals surface area contributed by atoms with Gasteiger partial charge >= 0.3 is 0 Å². The molecule has 2 aromatic carbocycles. The van der Waals surface area contributed by atoms with E-state index in [0.717, 1.165) is 33.9 Å². The van der Waals surface area contributed by atoms with Crippen LogP contribution in [0.25, 0.3) is 33.9 Å². The van der Waals surface area contributed by atoms with Crippen LogP contribution in [0.3, 0.4) is 0 Å². The van der Waals surface area contributed by atoms with Crippen LogP contribution in [0.1, 0.15) is 6.99 Å². The summed E-state index contributed by atoms with van der Waals surface area (Å²) in [4.78, 5) is 12.5. The molecule has 4 rings (SSSR count). The summed E-state index contributed by atoms with van der Waals surface area (Å²) >= 11 is 0. The molecule has 0 aliphatic rings. The van der Waals surface area contributed by atoms with Crippen molar-refractivity contribution in [2.75, 3.05) is 0 Å². The molecule has 0 saturated heterocycles. The molecule has 0 saturated carbocycles. The summed E-state index contributed by atoms with van der Waals surface area (Å²) in [6, 6.07) is 22.6. The molecule has 1 N–H and O–H groups in total. The second-order valence-corrected chi connectivity index (χ2v) is 5.78. The smallest absolute Gasteiger partial charge is 0.138 e. The summed E-state index contributed by atoms with van der Waals surface area (Å²) in [6.07, 6.45) is 3.61. The fourth-order valence-electron chi connectivity index (χ4n) is 2.83. The van der Waals surface area contributed by atoms with Crippen LogP contribution in [-0.4, -0.2) is 15.0 Å². The molecule has 2 aromatic heterocycles. The summed E-state index contributed by atoms with van der Waals surface area (Å²) in [5, 5.41) is 0. The SMILES string of the molecule is Cc1cccc(-c2nc(-c3ccccc3)[nH]c2-c2ccncc2)c1.[HH]. The highest BCUT2D eigenvalue weighted by Crippen LogP contribution is 2.32. The average Bonchev–Trinajstić information content (AvgIpc) is 3.09. The van der Waals surface area contributed by atoms with Gasteiger partial charge in [-0.3, -0.25) is 4.98 Å². The van der Waals surface area contributed by atoms with E-state index in [2.05, 4.69) is 53.3 Å². The number of aromatic nitrogens is 3. The standard InChI is InChI=1S/C21H17N3.H2/c1-15-6-5-9-18(14-15)20-19(16-10-12-22-13-11-16)23-21(24-20)17-7-3-2-4-8-17;/h2-14H,1H3,(H,23,24);1H. The molecule has 118 valence electrons. The highest BCUT2D eigenvalue weighted by atomic mass is 14.9. The lowest BCUT2D eigenvalue weighted by molar-refractivity contribution is 1.30. The van der Waals surface area contributed by atoms with Gasteiger partial charge in [-0.05, 0) is 25.1 Å². The van der Waals surface area contributed by atoms with Crippen LogP contribution in [-0.2, 0) is 0 Å². The number of hydrogen-bond donors (Lipinski definition) is 1. The summed E-state index contributed by atoms with van der Waals surface area (Å²) in [7, 11) is 0. The van der Waals surface area contributed by atoms with Crippen LogP contribution >= 0.6 is 0 Å². The second-order valence-electron chi connectivity index (χ2n) is 5.78. The second kappa shape index (κ2) is 6.13. The van der Waals surface area contributed by atoms with E-state index < -0.39 is 0 Å². The Bertz CT molecular complexity index is 963. The Hall–Kier alpha value is -3.20. The highest BCUT2D eigenvalue weighted by Gasteiger charge is 2.15. The zero-order chi connectivity index (χ0) is 16.4. The van der Waals surface area contributed by atoms with Crippen LogP contribution in [0.5, 0.6) is 0 Å². The van der Waals surface area contributed by atoms with Gasteiger partial charge in [0.15, 0.2) is 0 Å². The van der Waals surface area contributed by atoms with Crippen LogP contribution in [0.4, 0.5) is 0 Å². The Morgan fingerprint density at radius 1 is 0.792 bits per heavy atom. The van der Waals surface area contributed by atoms with Crippen molar-refractivity contribution in [1.29, 1.82) is 0 Å². The Morgan fingerprint density at radius 3 is 2.29 bits per heavy atom. The van der Waals surface area contributed by atoms with Gasteiger partial charge in [-0.1, -0.05) is 54.1 Å². The summed E-state index contributed by atoms with van der Waals surface area (Å²) in [5.74, 6) is 0.874. The normalized spacial score (nSPS) is 10.7. The quantitative estimate of drug-likeness (QED) is 0.553. The molecule has 3 heteroatoms. The van der Waals surface area contributed by atoms with Crippen molar-refractivity contribution in [3.63, 3.8) is 0 Å². The monoisotopic (exact) mass is 313 g/mol. The number of hydrogen-bond acceptors (Lipinski definition) is 2. The van der Waals surface area contributed by atoms with Gasteiger partial charge in [-0.2, -0.15) is 0 Å². The summed E-state index contributed by atoms with van der Waals surface area (Å²) in [6.45, 7) is 2.10. The number of imidazole rings is 1. The van der Waals surface area contributed by atoms with E-state index in [9.17, 15) is 0 Å². The van der Waals surface area contributed by atoms with Crippen molar-refractivity contribution in [2.45, 2.75) is 6.92 Å². The maximum Gasteiger partial charge on any atom is 0.138 e. The van der Waals surface area contributed by atoms with E-state index in [4.69, 9.17) is 4.98 Å². The highest BCUT2D eigenvalue weighted by molar-refractivity contribution is 5.81. The average molecular weight is 313 g/mol. The summed E-state index contributed by atoms with van der Waals surface area (Å²) < 4.78 is 0. The molecule has 4 aromatic rings. The number of pyridine rings is 1. The topological polar surface area (TPSA) is 41.6 Å². The predicted octanol–water partition coefficient (Wildman–Crippen LogP) is 5.36. The molecule has 0 aliphatic carbocycles. The van der Waals surface area contributed by atoms with Gasteiger partial charge in [0.25, 0.3) is 0 Å². The van der Waals surface area contributed by atoms with Crippen molar-refractivity contribution in [2.24, 2.45) is 0 Å². The van der Waals surface area contributed by atoms with E-state index >= 15 is 0 Å². The number of rotatable bonds is 3. The molecule has 3 nitrogen and oxygen atoms in total. The number of benzene rings is 2. The van der Waals surface area contributed by atoms with Crippen LogP contribution < -0.4 is 0 Å². The molecular formula is C21H19N3. The van der Waals surface area contributed by atoms with Gasteiger partial charge in [0.05, 0.1) is 11.4 Å². The van der Waals surface area contributed by atoms with Gasteiger partial charge in [0.2, 0.25) is 0 Å². The fourth-order valence-corrected chi connectivity index (χ4v) is 2.83. The van der Waals surface area contributed by atoms with Crippen molar-refractivity contribution in [3.8, 4) is 33.9 Å². The molecule has 0 amide bonds. The van der Waals surface area contributed by atoms with E-state index in [0.29, 0.717) is 0 Å². The molecule has 0 atom stereocenters. The largest absolute Gasteiger partial charge is 0.337 e. The third-order valence-electron chi connectivity index (χ3n) is 4.01. The molecule has 0 spiro atoms. The van der Waals surface area contributed by atoms with Gasteiger partial charge in [-0.25, -0.2) is 4.98 Å². The summed E-state index contributed by atoms with van der Waals surface area (Å²) in [5.41, 5.74) is 6.46. The van der Waals surface area contributed by atoms with Crippen LogP contribution in [0, 0.1) is 6.92 Å². The number of aromatic amines is 1. The minimum absolute atomic E-state index is 0. The molecule has 0 bridgehead atoms. The first-order chi connectivity index (χ1) is 11.8. The first-order valence-electron chi connectivity index (χ1n) is 7.94. The third-order valence-corrected chi connectivity index (χ3v) is 4.01. The van der Waals surface area contributed by atoms with Crippen molar-refractivity contribution < 1.29 is 1.43 Å². The minimum Gasteiger partial charge on any atom is -0.337 e. The Balaban J connectivity index is 0.00000182. The Kier molecular flexibility index (Phi) is 3.67. The van der Waals surface area contributed by atoms with E-state index in [-0.39, 0.29) is 1.43 Å². The number of nitrogens with zero attached hydrogens (tertiary/aromatic N) is 2. The Labute approximate surface area is 142 Å². The lowest BCUT2D eigenvalue weighted by atomic mass is 10.0. The Morgan fingerprint density at radius 2 is 1.54 bits per heavy atom. The lowest BCUT2D eigenvalue weighted by Crippen LogP contribution is -1.85. The van der Waals surface area contributed by atoms with Gasteiger partial charge in [-0.15, -0.1) is 0 Å². The van der Waals surface area contributed by atoms with Crippen molar-refractivity contribution in [3.05, 3.63) is 84.7 Å². The fraction of sp³-hybridized carbons (Fsp3) is 0.0476. The van der Waals surface area contributed by atoms with Gasteiger partial charge in [0, 0.05) is 30.5 Å². The van der Waals surface area contributed by atoms with Gasteiger partial charge < -0.3 is 4.98 Å². The molecule has 0 fully saturated rings. The third kappa shape index (κ3) is 2.72. The van der Waals surface area contributed by atoms with Gasteiger partial charge in [0.1, 0.15) is 5.82 Å². The molecule has 24 heavy (non-hydrogen) atoms. The zero-order valence-electron chi connectivity index (χ0n) is 13.4. The molecular weight excluding hydrogens is 294 g/mol. The van der Waals surface area contributed by atoms with Crippen LogP contribution in [0.15, 0.2) is 79.1 Å². The van der Waals surface area contributed by atoms with Crippen molar-refractivity contribution in [1.82, 2.24) is 15.0 Å². The molecule has 2 heterocycles. The number of aryl methyl sites for hydroxylation is 1. The van der Waals surface area contributed by atoms with Crippen molar-refractivity contribution >= 4 is 0 Å². The first-order valence-corrected chi connectivity index (χ1v) is 7.94. The lowest BCUT2D eigenvalue weighted by Gasteiger charge is -2.03. The van der Waals surface area contributed by atoms with Crippen LogP contribution in [0.2, 0.25) is 0 Å². The van der Waals surface area contributed by atoms with E-state index in [1.54, 1.807) is 12.4 Å². The zero-order valence-corrected chi connectivity index (χ0v) is 13.4. The molecule has 0 radical (unpaired) electrons. The molecule has 0 unspecified atom stereocenters. The maximum atomic E-state index is 4.89. The molecule has 0 aliphatic heterocycles. The number of H-pyrrole nitrogens is 1. The maximum absolute atomic E-state index is 4.89. The predicted molar refractivity (Wildman–Crippen MR) is 99.5 cm³/mol. The first kappa shape index (κ1) is 14.4. The van der Waals surface area contributed by atoms with E-state index in [1.807, 2.05) is 30.3 Å². The number of nitrogens with one attached hydrogen (secondary N) is 1.